The van der Waals surface area contributed by atoms with E-state index in [4.69, 9.17) is 4.42 Å². The molecule has 1 aromatic heterocycles. The van der Waals surface area contributed by atoms with E-state index in [2.05, 4.69) is 238 Å². The average molecular weight is 1010 g/mol. The van der Waals surface area contributed by atoms with Gasteiger partial charge in [-0.1, -0.05) is 180 Å². The molecule has 4 aliphatic carbocycles. The molecular formula is C72H89BN2O. The number of allylic oxidation sites excluding steroid dienone is 4. The van der Waals surface area contributed by atoms with Crippen molar-refractivity contribution in [2.45, 2.75) is 226 Å². The molecule has 0 amide bonds. The Hall–Kier alpha value is -5.22. The topological polar surface area (TPSA) is 19.6 Å². The molecule has 0 saturated heterocycles. The first-order valence-corrected chi connectivity index (χ1v) is 29.5. The molecule has 76 heavy (non-hydrogen) atoms. The fraction of sp³-hybridized carbons (Fsp3) is 0.500. The second-order valence-electron chi connectivity index (χ2n) is 31.1. The number of rotatable bonds is 3. The van der Waals surface area contributed by atoms with Gasteiger partial charge in [0.2, 0.25) is 5.88 Å². The molecule has 2 atom stereocenters. The first kappa shape index (κ1) is 51.5. The van der Waals surface area contributed by atoms with Gasteiger partial charge in [-0.3, -0.25) is 4.90 Å². The first-order chi connectivity index (χ1) is 35.3. The van der Waals surface area contributed by atoms with Gasteiger partial charge >= 0.3 is 0 Å². The molecule has 3 nitrogen and oxygen atoms in total. The maximum absolute atomic E-state index is 7.75. The molecule has 6 aliphatic rings. The SMILES string of the molecule is CC1CC=CC=CC1c1cc2c(cc1N1c3ccc(C(C)(C)C)cc3B3c4c1cc(C(C)(C)C)cc4N(c1ccc4c(c1)C(C)(C)CCC4(C)C)c1oc4cc5c(cc4c13)C(C)(C)CCC5(C)C)C(C)(C)CCC2(C)C. The molecule has 2 unspecified atom stereocenters. The van der Waals surface area contributed by atoms with E-state index in [1.807, 2.05) is 0 Å². The molecule has 12 rings (SSSR count). The zero-order valence-corrected chi connectivity index (χ0v) is 50.2. The van der Waals surface area contributed by atoms with Crippen LogP contribution in [0.2, 0.25) is 0 Å². The maximum atomic E-state index is 7.75. The highest BCUT2D eigenvalue weighted by Gasteiger charge is 2.50. The Labute approximate surface area is 459 Å². The smallest absolute Gasteiger partial charge is 0.257 e. The zero-order valence-electron chi connectivity index (χ0n) is 50.2. The highest BCUT2D eigenvalue weighted by Crippen LogP contribution is 2.56. The van der Waals surface area contributed by atoms with Crippen LogP contribution in [0.15, 0.2) is 102 Å². The maximum Gasteiger partial charge on any atom is 0.257 e. The number of benzene rings is 5. The summed E-state index contributed by atoms with van der Waals surface area (Å²) in [5.74, 6) is 1.63. The standard InChI is InChI=1S/C72H89BN2O/c1-43-23-21-20-22-24-47(43)48-39-52-54(71(16,17)33-31-69(52,12)13)41-58(48)75-57-28-25-44(65(2,3)4)35-56(57)73-62-49-40-53-55(72(18,19)34-32-70(53,14)15)42-61(49)76-64(62)74(59-36-45(66(5,6)7)37-60(75)63(59)73)46-26-27-50-51(38-46)68(10,11)30-29-67(50,8)9/h20-22,24-28,35-43,47H,23,29-34H2,1-19H3. The van der Waals surface area contributed by atoms with Crippen LogP contribution in [-0.4, -0.2) is 6.71 Å². The second kappa shape index (κ2) is 16.4. The molecule has 3 heterocycles. The molecule has 5 aromatic carbocycles. The number of furan rings is 1. The van der Waals surface area contributed by atoms with E-state index in [0.717, 1.165) is 43.6 Å². The predicted molar refractivity (Wildman–Crippen MR) is 328 cm³/mol. The van der Waals surface area contributed by atoms with Crippen molar-refractivity contribution in [3.8, 4) is 0 Å². The van der Waals surface area contributed by atoms with Crippen LogP contribution < -0.4 is 26.2 Å². The molecule has 0 saturated carbocycles. The van der Waals surface area contributed by atoms with Crippen molar-refractivity contribution in [3.05, 3.63) is 147 Å². The normalized spacial score (nSPS) is 23.0. The molecule has 0 bridgehead atoms. The summed E-state index contributed by atoms with van der Waals surface area (Å²) >= 11 is 0. The summed E-state index contributed by atoms with van der Waals surface area (Å²) in [6, 6.07) is 30.8. The van der Waals surface area contributed by atoms with Crippen molar-refractivity contribution < 1.29 is 4.42 Å². The van der Waals surface area contributed by atoms with Crippen LogP contribution in [0, 0.1) is 5.92 Å². The average Bonchev–Trinajstić information content (AvgIpc) is 3.59. The highest BCUT2D eigenvalue weighted by atomic mass is 16.4. The third kappa shape index (κ3) is 7.76. The van der Waals surface area contributed by atoms with Gasteiger partial charge in [0.15, 0.2) is 0 Å². The Morgan fingerprint density at radius 2 is 1.01 bits per heavy atom. The fourth-order valence-electron chi connectivity index (χ4n) is 15.1. The molecule has 0 N–H and O–H groups in total. The van der Waals surface area contributed by atoms with E-state index in [1.54, 1.807) is 0 Å². The summed E-state index contributed by atoms with van der Waals surface area (Å²) in [5.41, 5.74) is 24.5. The molecule has 0 radical (unpaired) electrons. The van der Waals surface area contributed by atoms with E-state index < -0.39 is 0 Å². The van der Waals surface area contributed by atoms with Gasteiger partial charge < -0.3 is 9.32 Å². The number of fused-ring (bicyclic) bond motifs is 9. The number of nitrogens with zero attached hydrogens (tertiary/aromatic N) is 2. The zero-order chi connectivity index (χ0) is 54.4. The lowest BCUT2D eigenvalue weighted by molar-refractivity contribution is 0.331. The van der Waals surface area contributed by atoms with Gasteiger partial charge in [-0.05, 0) is 204 Å². The molecule has 0 fully saturated rings. The van der Waals surface area contributed by atoms with Gasteiger partial charge in [0, 0.05) is 39.5 Å². The van der Waals surface area contributed by atoms with Crippen molar-refractivity contribution in [1.29, 1.82) is 0 Å². The Balaban J connectivity index is 1.25. The van der Waals surface area contributed by atoms with Crippen LogP contribution in [0.3, 0.4) is 0 Å². The van der Waals surface area contributed by atoms with Gasteiger partial charge in [0.05, 0.1) is 5.69 Å². The Morgan fingerprint density at radius 1 is 0.487 bits per heavy atom. The Bertz CT molecular complexity index is 3480. The number of hydrogen-bond donors (Lipinski definition) is 0. The quantitative estimate of drug-likeness (QED) is 0.164. The van der Waals surface area contributed by atoms with Crippen LogP contribution in [0.25, 0.3) is 11.0 Å². The van der Waals surface area contributed by atoms with Gasteiger partial charge in [-0.15, -0.1) is 0 Å². The monoisotopic (exact) mass is 1010 g/mol. The summed E-state index contributed by atoms with van der Waals surface area (Å²) in [4.78, 5) is 5.39. The summed E-state index contributed by atoms with van der Waals surface area (Å²) in [6.07, 6.45) is 17.6. The molecule has 2 aliphatic heterocycles. The van der Waals surface area contributed by atoms with E-state index in [-0.39, 0.29) is 56.0 Å². The third-order valence-electron chi connectivity index (χ3n) is 20.8. The van der Waals surface area contributed by atoms with Crippen LogP contribution in [-0.2, 0) is 43.3 Å². The van der Waals surface area contributed by atoms with Crippen molar-refractivity contribution >= 4 is 68.4 Å². The lowest BCUT2D eigenvalue weighted by Gasteiger charge is -2.47. The Morgan fingerprint density at radius 3 is 1.61 bits per heavy atom. The molecular weight excluding hydrogens is 920 g/mol. The largest absolute Gasteiger partial charge is 0.440 e. The van der Waals surface area contributed by atoms with Gasteiger partial charge in [-0.25, -0.2) is 0 Å². The summed E-state index contributed by atoms with van der Waals surface area (Å²) < 4.78 is 7.75. The van der Waals surface area contributed by atoms with Crippen molar-refractivity contribution in [1.82, 2.24) is 0 Å². The number of hydrogen-bond acceptors (Lipinski definition) is 3. The third-order valence-corrected chi connectivity index (χ3v) is 20.8. The van der Waals surface area contributed by atoms with Gasteiger partial charge in [-0.2, -0.15) is 0 Å². The summed E-state index contributed by atoms with van der Waals surface area (Å²) in [5, 5.41) is 1.26. The minimum absolute atomic E-state index is 0.0200. The number of anilines is 6. The van der Waals surface area contributed by atoms with Crippen molar-refractivity contribution in [2.24, 2.45) is 5.92 Å². The minimum atomic E-state index is -0.157. The van der Waals surface area contributed by atoms with Crippen LogP contribution >= 0.6 is 0 Å². The molecule has 0 spiro atoms. The predicted octanol–water partition coefficient (Wildman–Crippen LogP) is 18.4. The van der Waals surface area contributed by atoms with E-state index in [9.17, 15) is 0 Å². The lowest BCUT2D eigenvalue weighted by atomic mass is 9.33. The Kier molecular flexibility index (Phi) is 11.1. The van der Waals surface area contributed by atoms with E-state index >= 15 is 0 Å². The highest BCUT2D eigenvalue weighted by molar-refractivity contribution is 7.01. The lowest BCUT2D eigenvalue weighted by Crippen LogP contribution is -2.61. The van der Waals surface area contributed by atoms with Crippen molar-refractivity contribution in [2.75, 3.05) is 9.80 Å². The first-order valence-electron chi connectivity index (χ1n) is 29.5. The van der Waals surface area contributed by atoms with Crippen LogP contribution in [0.1, 0.15) is 232 Å². The van der Waals surface area contributed by atoms with E-state index in [1.165, 1.54) is 113 Å². The van der Waals surface area contributed by atoms with E-state index in [0.29, 0.717) is 5.92 Å². The second-order valence-corrected chi connectivity index (χ2v) is 31.1. The summed E-state index contributed by atoms with van der Waals surface area (Å²) in [6.45, 7) is 46.5. The molecule has 396 valence electrons. The van der Waals surface area contributed by atoms with Crippen molar-refractivity contribution in [3.63, 3.8) is 0 Å². The fourth-order valence-corrected chi connectivity index (χ4v) is 15.1. The minimum Gasteiger partial charge on any atom is -0.440 e. The van der Waals surface area contributed by atoms with Crippen LogP contribution in [0.5, 0.6) is 0 Å². The summed E-state index contributed by atoms with van der Waals surface area (Å²) in [7, 11) is 0. The molecule has 4 heteroatoms. The van der Waals surface area contributed by atoms with Gasteiger partial charge in [0.1, 0.15) is 5.58 Å². The molecule has 6 aromatic rings. The van der Waals surface area contributed by atoms with Gasteiger partial charge in [0.25, 0.3) is 6.71 Å². The van der Waals surface area contributed by atoms with Crippen LogP contribution in [0.4, 0.5) is 34.3 Å².